The van der Waals surface area contributed by atoms with Crippen LogP contribution in [0.5, 0.6) is 5.75 Å². The highest BCUT2D eigenvalue weighted by Crippen LogP contribution is 2.65. The van der Waals surface area contributed by atoms with E-state index in [1.54, 1.807) is 7.11 Å². The average Bonchev–Trinajstić information content (AvgIpc) is 3.50. The molecule has 3 N–H and O–H groups in total. The van der Waals surface area contributed by atoms with Gasteiger partial charge in [-0.15, -0.1) is 0 Å². The Labute approximate surface area is 231 Å². The Bertz CT molecular complexity index is 1310. The molecule has 5 aliphatic rings. The SMILES string of the molecule is COc1ccc2c(c1)[C@]1(C[C@H]1C1CCC3C(C#Cc4ccc(CN5CCN(C)CC5)cc4)NNC3C1)C(=O)N2. The standard InChI is InChI=1S/C32H39N5O2/c1-36-13-15-37(16-14-36)20-22-5-3-21(4-6-22)7-11-28-25-10-8-23(17-30(25)35-34-28)27-19-32(27)26-18-24(39-2)9-12-29(26)33-31(32)38/h3-6,9,12,18,23,25,27-28,30,34-35H,8,10,13-17,19-20H2,1-2H3,(H,33,38)/t23?,25?,27-,28?,30?,32-/m0/s1. The minimum absolute atomic E-state index is 0.161. The number of piperazine rings is 1. The van der Waals surface area contributed by atoms with Crippen LogP contribution in [0.1, 0.15) is 42.4 Å². The molecule has 0 bridgehead atoms. The number of fused-ring (bicyclic) bond motifs is 3. The van der Waals surface area contributed by atoms with Crippen LogP contribution in [-0.4, -0.2) is 68.1 Å². The predicted octanol–water partition coefficient (Wildman–Crippen LogP) is 2.97. The fraction of sp³-hybridized carbons (Fsp3) is 0.531. The van der Waals surface area contributed by atoms with Crippen molar-refractivity contribution in [2.75, 3.05) is 45.7 Å². The molecule has 2 aromatic rings. The van der Waals surface area contributed by atoms with Gasteiger partial charge in [-0.05, 0) is 86.0 Å². The predicted molar refractivity (Wildman–Crippen MR) is 152 cm³/mol. The number of hydrogen-bond donors (Lipinski definition) is 3. The van der Waals surface area contributed by atoms with Crippen LogP contribution in [0.3, 0.4) is 0 Å². The van der Waals surface area contributed by atoms with Crippen LogP contribution in [0.4, 0.5) is 5.69 Å². The summed E-state index contributed by atoms with van der Waals surface area (Å²) in [6, 6.07) is 15.3. The maximum atomic E-state index is 13.1. The third kappa shape index (κ3) is 4.54. The van der Waals surface area contributed by atoms with Crippen LogP contribution in [0.25, 0.3) is 0 Å². The van der Waals surface area contributed by atoms with Gasteiger partial charge in [0.2, 0.25) is 5.91 Å². The Morgan fingerprint density at radius 3 is 2.67 bits per heavy atom. The van der Waals surface area contributed by atoms with E-state index >= 15 is 0 Å². The molecule has 1 spiro atoms. The second-order valence-electron chi connectivity index (χ2n) is 12.3. The summed E-state index contributed by atoms with van der Waals surface area (Å²) in [6.07, 6.45) is 4.33. The van der Waals surface area contributed by atoms with Crippen LogP contribution in [0, 0.1) is 29.6 Å². The number of ether oxygens (including phenoxy) is 1. The van der Waals surface area contributed by atoms with Gasteiger partial charge >= 0.3 is 0 Å². The molecule has 7 heteroatoms. The lowest BCUT2D eigenvalue weighted by molar-refractivity contribution is -0.118. The van der Waals surface area contributed by atoms with Crippen LogP contribution in [0.2, 0.25) is 0 Å². The molecule has 3 heterocycles. The van der Waals surface area contributed by atoms with E-state index < -0.39 is 0 Å². The van der Waals surface area contributed by atoms with Gasteiger partial charge in [0, 0.05) is 55.9 Å². The number of amides is 1. The quantitative estimate of drug-likeness (QED) is 0.534. The van der Waals surface area contributed by atoms with Crippen molar-refractivity contribution in [3.05, 3.63) is 59.2 Å². The van der Waals surface area contributed by atoms with E-state index in [1.165, 1.54) is 5.56 Å². The summed E-state index contributed by atoms with van der Waals surface area (Å²) < 4.78 is 5.47. The summed E-state index contributed by atoms with van der Waals surface area (Å²) in [4.78, 5) is 18.0. The Balaban J connectivity index is 0.964. The van der Waals surface area contributed by atoms with E-state index in [1.807, 2.05) is 12.1 Å². The summed E-state index contributed by atoms with van der Waals surface area (Å²) in [6.45, 7) is 5.59. The average molecular weight is 526 g/mol. The van der Waals surface area contributed by atoms with E-state index in [0.29, 0.717) is 23.8 Å². The van der Waals surface area contributed by atoms with Crippen LogP contribution >= 0.6 is 0 Å². The van der Waals surface area contributed by atoms with Crippen molar-refractivity contribution in [2.45, 2.75) is 49.7 Å². The first kappa shape index (κ1) is 25.1. The molecule has 2 saturated heterocycles. The molecule has 1 amide bonds. The zero-order chi connectivity index (χ0) is 26.6. The Morgan fingerprint density at radius 2 is 1.87 bits per heavy atom. The van der Waals surface area contributed by atoms with Crippen LogP contribution in [0.15, 0.2) is 42.5 Å². The smallest absolute Gasteiger partial charge is 0.235 e. The largest absolute Gasteiger partial charge is 0.497 e. The lowest BCUT2D eigenvalue weighted by atomic mass is 9.73. The van der Waals surface area contributed by atoms with E-state index in [4.69, 9.17) is 4.74 Å². The number of hydrogen-bond acceptors (Lipinski definition) is 6. The second-order valence-corrected chi connectivity index (χ2v) is 12.3. The molecule has 2 aromatic carbocycles. The third-order valence-electron chi connectivity index (χ3n) is 10.1. The summed E-state index contributed by atoms with van der Waals surface area (Å²) in [5.74, 6) is 9.41. The topological polar surface area (TPSA) is 68.9 Å². The minimum Gasteiger partial charge on any atom is -0.497 e. The third-order valence-corrected chi connectivity index (χ3v) is 10.1. The van der Waals surface area contributed by atoms with Gasteiger partial charge in [0.25, 0.3) is 0 Å². The van der Waals surface area contributed by atoms with Crippen molar-refractivity contribution < 1.29 is 9.53 Å². The molecule has 0 radical (unpaired) electrons. The van der Waals surface area contributed by atoms with Crippen molar-refractivity contribution in [3.8, 4) is 17.6 Å². The van der Waals surface area contributed by atoms with Crippen molar-refractivity contribution in [1.29, 1.82) is 0 Å². The fourth-order valence-electron chi connectivity index (χ4n) is 7.63. The van der Waals surface area contributed by atoms with Gasteiger partial charge in [-0.1, -0.05) is 24.0 Å². The van der Waals surface area contributed by atoms with E-state index in [9.17, 15) is 4.79 Å². The molecule has 4 fully saturated rings. The summed E-state index contributed by atoms with van der Waals surface area (Å²) in [5, 5.41) is 3.14. The number of carbonyl (C=O) groups excluding carboxylic acids is 1. The van der Waals surface area contributed by atoms with Gasteiger partial charge in [-0.25, -0.2) is 5.43 Å². The summed E-state index contributed by atoms with van der Waals surface area (Å²) in [7, 11) is 3.88. The molecule has 2 aliphatic carbocycles. The highest BCUT2D eigenvalue weighted by Gasteiger charge is 2.67. The van der Waals surface area contributed by atoms with E-state index in [2.05, 4.69) is 75.2 Å². The molecule has 6 atom stereocenters. The maximum Gasteiger partial charge on any atom is 0.235 e. The Kier molecular flexibility index (Phi) is 6.40. The number of carbonyl (C=O) groups is 1. The molecule has 4 unspecified atom stereocenters. The normalized spacial score (nSPS) is 33.7. The fourth-order valence-corrected chi connectivity index (χ4v) is 7.63. The van der Waals surface area contributed by atoms with Gasteiger partial charge in [0.1, 0.15) is 5.75 Å². The van der Waals surface area contributed by atoms with E-state index in [0.717, 1.165) is 81.0 Å². The number of hydrazine groups is 1. The van der Waals surface area contributed by atoms with Gasteiger partial charge in [0.05, 0.1) is 18.6 Å². The molecule has 7 nitrogen and oxygen atoms in total. The molecule has 0 aromatic heterocycles. The highest BCUT2D eigenvalue weighted by molar-refractivity contribution is 6.09. The lowest BCUT2D eigenvalue weighted by Gasteiger charge is -2.33. The van der Waals surface area contributed by atoms with Crippen molar-refractivity contribution in [1.82, 2.24) is 20.7 Å². The summed E-state index contributed by atoms with van der Waals surface area (Å²) in [5.41, 5.74) is 11.2. The second kappa shape index (κ2) is 9.94. The number of anilines is 1. The zero-order valence-electron chi connectivity index (χ0n) is 23.0. The molecule has 2 saturated carbocycles. The first-order valence-corrected chi connectivity index (χ1v) is 14.6. The molecule has 3 aliphatic heterocycles. The monoisotopic (exact) mass is 525 g/mol. The molecule has 39 heavy (non-hydrogen) atoms. The first-order chi connectivity index (χ1) is 19.0. The number of nitrogens with one attached hydrogen (secondary N) is 3. The van der Waals surface area contributed by atoms with Crippen molar-refractivity contribution >= 4 is 11.6 Å². The number of rotatable bonds is 4. The van der Waals surface area contributed by atoms with Gasteiger partial charge in [-0.3, -0.25) is 15.1 Å². The van der Waals surface area contributed by atoms with Crippen molar-refractivity contribution in [2.24, 2.45) is 17.8 Å². The van der Waals surface area contributed by atoms with Gasteiger partial charge in [0.15, 0.2) is 0 Å². The van der Waals surface area contributed by atoms with Gasteiger partial charge < -0.3 is 15.0 Å². The molecular formula is C32H39N5O2. The first-order valence-electron chi connectivity index (χ1n) is 14.6. The number of benzene rings is 2. The van der Waals surface area contributed by atoms with E-state index in [-0.39, 0.29) is 17.4 Å². The lowest BCUT2D eigenvalue weighted by Crippen LogP contribution is -2.43. The molecule has 204 valence electrons. The Morgan fingerprint density at radius 1 is 1.05 bits per heavy atom. The minimum atomic E-state index is -0.358. The van der Waals surface area contributed by atoms with Crippen molar-refractivity contribution in [3.63, 3.8) is 0 Å². The molecular weight excluding hydrogens is 486 g/mol. The number of nitrogens with zero attached hydrogens (tertiary/aromatic N) is 2. The zero-order valence-corrected chi connectivity index (χ0v) is 23.0. The number of likely N-dealkylation sites (N-methyl/N-ethyl adjacent to an activating group) is 1. The summed E-state index contributed by atoms with van der Waals surface area (Å²) >= 11 is 0. The highest BCUT2D eigenvalue weighted by atomic mass is 16.5. The Hall–Kier alpha value is -2.89. The van der Waals surface area contributed by atoms with Crippen LogP contribution < -0.4 is 20.9 Å². The van der Waals surface area contributed by atoms with Gasteiger partial charge in [-0.2, -0.15) is 0 Å². The maximum absolute atomic E-state index is 13.1. The van der Waals surface area contributed by atoms with Crippen LogP contribution in [-0.2, 0) is 16.8 Å². The molecule has 7 rings (SSSR count). The number of methoxy groups -OCH3 is 1.